The second kappa shape index (κ2) is 4.72. The Labute approximate surface area is 96.6 Å². The van der Waals surface area contributed by atoms with E-state index in [1.807, 2.05) is 0 Å². The molecule has 0 aromatic carbocycles. The van der Waals surface area contributed by atoms with Gasteiger partial charge >= 0.3 is 6.03 Å². The third-order valence-corrected chi connectivity index (χ3v) is 2.94. The normalized spacial score (nSPS) is 21.1. The van der Waals surface area contributed by atoms with E-state index in [0.29, 0.717) is 13.1 Å². The molecule has 2 N–H and O–H groups in total. The van der Waals surface area contributed by atoms with E-state index in [2.05, 4.69) is 24.5 Å². The van der Waals surface area contributed by atoms with Crippen molar-refractivity contribution in [3.05, 3.63) is 0 Å². The van der Waals surface area contributed by atoms with E-state index in [1.165, 1.54) is 4.90 Å². The van der Waals surface area contributed by atoms with Gasteiger partial charge in [0, 0.05) is 33.1 Å². The highest BCUT2D eigenvalue weighted by molar-refractivity contribution is 5.82. The Bertz CT molecular complexity index is 287. The first-order chi connectivity index (χ1) is 7.34. The average molecular weight is 227 g/mol. The fourth-order valence-corrected chi connectivity index (χ4v) is 1.55. The van der Waals surface area contributed by atoms with Crippen LogP contribution < -0.4 is 10.6 Å². The molecule has 0 heterocycles. The van der Waals surface area contributed by atoms with Gasteiger partial charge in [-0.2, -0.15) is 0 Å². The van der Waals surface area contributed by atoms with Crippen LogP contribution in [0.1, 0.15) is 20.3 Å². The standard InChI is InChI=1S/C11H21N3O2/c1-11(2)7-8(11)9(15)12-5-6-13-10(16)14(3)4/h8H,5-7H2,1-4H3,(H,12,15)(H,13,16)/t8-/m1/s1. The highest BCUT2D eigenvalue weighted by Crippen LogP contribution is 2.51. The number of nitrogens with one attached hydrogen (secondary N) is 2. The lowest BCUT2D eigenvalue weighted by molar-refractivity contribution is -0.122. The first-order valence-electron chi connectivity index (χ1n) is 5.57. The van der Waals surface area contributed by atoms with Crippen LogP contribution in [0, 0.1) is 11.3 Å². The summed E-state index contributed by atoms with van der Waals surface area (Å²) in [4.78, 5) is 24.2. The van der Waals surface area contributed by atoms with Gasteiger partial charge in [0.2, 0.25) is 5.91 Å². The molecule has 5 heteroatoms. The lowest BCUT2D eigenvalue weighted by atomic mass is 10.1. The predicted molar refractivity (Wildman–Crippen MR) is 62.0 cm³/mol. The molecular formula is C11H21N3O2. The van der Waals surface area contributed by atoms with Gasteiger partial charge in [0.1, 0.15) is 0 Å². The van der Waals surface area contributed by atoms with Gasteiger partial charge in [-0.3, -0.25) is 4.79 Å². The summed E-state index contributed by atoms with van der Waals surface area (Å²) in [5.41, 5.74) is 0.164. The van der Waals surface area contributed by atoms with Crippen LogP contribution >= 0.6 is 0 Å². The molecule has 3 amide bonds. The molecule has 0 unspecified atom stereocenters. The molecule has 1 fully saturated rings. The van der Waals surface area contributed by atoms with Gasteiger partial charge in [-0.05, 0) is 11.8 Å². The van der Waals surface area contributed by atoms with Gasteiger partial charge in [-0.25, -0.2) is 4.79 Å². The highest BCUT2D eigenvalue weighted by atomic mass is 16.2. The maximum absolute atomic E-state index is 11.6. The van der Waals surface area contributed by atoms with Gasteiger partial charge in [-0.15, -0.1) is 0 Å². The van der Waals surface area contributed by atoms with Gasteiger partial charge < -0.3 is 15.5 Å². The van der Waals surface area contributed by atoms with E-state index in [-0.39, 0.29) is 23.3 Å². The first kappa shape index (κ1) is 12.8. The average Bonchev–Trinajstić information content (AvgIpc) is 2.81. The highest BCUT2D eigenvalue weighted by Gasteiger charge is 2.50. The third-order valence-electron chi connectivity index (χ3n) is 2.94. The smallest absolute Gasteiger partial charge is 0.316 e. The van der Waals surface area contributed by atoms with E-state index < -0.39 is 0 Å². The Balaban J connectivity index is 2.08. The molecule has 1 aliphatic carbocycles. The SMILES string of the molecule is CN(C)C(=O)NCCNC(=O)[C@H]1CC1(C)C. The van der Waals surface area contributed by atoms with Crippen molar-refractivity contribution in [3.63, 3.8) is 0 Å². The molecule has 1 aliphatic rings. The Morgan fingerprint density at radius 2 is 1.75 bits per heavy atom. The minimum Gasteiger partial charge on any atom is -0.354 e. The molecule has 16 heavy (non-hydrogen) atoms. The largest absolute Gasteiger partial charge is 0.354 e. The molecule has 1 saturated carbocycles. The number of amides is 3. The molecule has 0 aromatic rings. The fourth-order valence-electron chi connectivity index (χ4n) is 1.55. The lowest BCUT2D eigenvalue weighted by Gasteiger charge is -2.12. The van der Waals surface area contributed by atoms with E-state index in [9.17, 15) is 9.59 Å². The van der Waals surface area contributed by atoms with E-state index in [4.69, 9.17) is 0 Å². The van der Waals surface area contributed by atoms with E-state index in [1.54, 1.807) is 14.1 Å². The monoisotopic (exact) mass is 227 g/mol. The van der Waals surface area contributed by atoms with Crippen LogP contribution in [0.4, 0.5) is 4.79 Å². The number of hydrogen-bond donors (Lipinski definition) is 2. The molecule has 5 nitrogen and oxygen atoms in total. The number of carbonyl (C=O) groups excluding carboxylic acids is 2. The fraction of sp³-hybridized carbons (Fsp3) is 0.818. The van der Waals surface area contributed by atoms with Crippen LogP contribution in [0.3, 0.4) is 0 Å². The van der Waals surface area contributed by atoms with Crippen molar-refractivity contribution in [1.82, 2.24) is 15.5 Å². The van der Waals surface area contributed by atoms with Crippen molar-refractivity contribution in [2.75, 3.05) is 27.2 Å². The van der Waals surface area contributed by atoms with Crippen LogP contribution in [0.25, 0.3) is 0 Å². The predicted octanol–water partition coefficient (Wildman–Crippen LogP) is 0.420. The Hall–Kier alpha value is -1.26. The van der Waals surface area contributed by atoms with Crippen molar-refractivity contribution in [2.45, 2.75) is 20.3 Å². The molecule has 92 valence electrons. The number of urea groups is 1. The Morgan fingerprint density at radius 3 is 2.19 bits per heavy atom. The number of hydrogen-bond acceptors (Lipinski definition) is 2. The van der Waals surface area contributed by atoms with Crippen LogP contribution in [0.2, 0.25) is 0 Å². The van der Waals surface area contributed by atoms with Crippen molar-refractivity contribution >= 4 is 11.9 Å². The zero-order valence-electron chi connectivity index (χ0n) is 10.5. The lowest BCUT2D eigenvalue weighted by Crippen LogP contribution is -2.40. The number of carbonyl (C=O) groups is 2. The van der Waals surface area contributed by atoms with Crippen molar-refractivity contribution < 1.29 is 9.59 Å². The molecule has 0 saturated heterocycles. The molecule has 1 rings (SSSR count). The van der Waals surface area contributed by atoms with Crippen molar-refractivity contribution in [3.8, 4) is 0 Å². The van der Waals surface area contributed by atoms with Crippen molar-refractivity contribution in [1.29, 1.82) is 0 Å². The Kier molecular flexibility index (Phi) is 3.78. The van der Waals surface area contributed by atoms with Crippen LogP contribution in [-0.2, 0) is 4.79 Å². The second-order valence-corrected chi connectivity index (χ2v) is 5.16. The van der Waals surface area contributed by atoms with Crippen LogP contribution in [-0.4, -0.2) is 44.0 Å². The van der Waals surface area contributed by atoms with Gasteiger partial charge in [0.15, 0.2) is 0 Å². The van der Waals surface area contributed by atoms with Gasteiger partial charge in [-0.1, -0.05) is 13.8 Å². The number of nitrogens with zero attached hydrogens (tertiary/aromatic N) is 1. The first-order valence-corrected chi connectivity index (χ1v) is 5.57. The molecule has 1 atom stereocenters. The molecular weight excluding hydrogens is 206 g/mol. The third kappa shape index (κ3) is 3.40. The van der Waals surface area contributed by atoms with E-state index >= 15 is 0 Å². The summed E-state index contributed by atoms with van der Waals surface area (Å²) in [5.74, 6) is 0.251. The number of rotatable bonds is 4. The Morgan fingerprint density at radius 1 is 1.25 bits per heavy atom. The van der Waals surface area contributed by atoms with Crippen LogP contribution in [0.5, 0.6) is 0 Å². The summed E-state index contributed by atoms with van der Waals surface area (Å²) in [7, 11) is 3.36. The minimum atomic E-state index is -0.138. The molecule has 0 spiro atoms. The van der Waals surface area contributed by atoms with Gasteiger partial charge in [0.05, 0.1) is 0 Å². The zero-order chi connectivity index (χ0) is 12.3. The maximum atomic E-state index is 11.6. The van der Waals surface area contributed by atoms with Crippen LogP contribution in [0.15, 0.2) is 0 Å². The molecule has 0 bridgehead atoms. The topological polar surface area (TPSA) is 61.4 Å². The van der Waals surface area contributed by atoms with Crippen molar-refractivity contribution in [2.24, 2.45) is 11.3 Å². The van der Waals surface area contributed by atoms with E-state index in [0.717, 1.165) is 6.42 Å². The molecule has 0 radical (unpaired) electrons. The maximum Gasteiger partial charge on any atom is 0.316 e. The summed E-state index contributed by atoms with van der Waals surface area (Å²) in [6.07, 6.45) is 0.961. The zero-order valence-corrected chi connectivity index (χ0v) is 10.5. The summed E-state index contributed by atoms with van der Waals surface area (Å²) in [6, 6.07) is -0.138. The second-order valence-electron chi connectivity index (χ2n) is 5.16. The summed E-state index contributed by atoms with van der Waals surface area (Å²) >= 11 is 0. The van der Waals surface area contributed by atoms with Gasteiger partial charge in [0.25, 0.3) is 0 Å². The summed E-state index contributed by atoms with van der Waals surface area (Å²) in [6.45, 7) is 5.14. The summed E-state index contributed by atoms with van der Waals surface area (Å²) < 4.78 is 0. The minimum absolute atomic E-state index is 0.101. The molecule has 0 aliphatic heterocycles. The summed E-state index contributed by atoms with van der Waals surface area (Å²) in [5, 5.41) is 5.51. The quantitative estimate of drug-likeness (QED) is 0.684. The molecule has 0 aromatic heterocycles.